The van der Waals surface area contributed by atoms with Gasteiger partial charge < -0.3 is 9.13 Å². The maximum atomic E-state index is 12.9. The van der Waals surface area contributed by atoms with Crippen LogP contribution in [0.4, 0.5) is 0 Å². The summed E-state index contributed by atoms with van der Waals surface area (Å²) < 4.78 is 29.8. The van der Waals surface area contributed by atoms with E-state index >= 15 is 0 Å². The smallest absolute Gasteiger partial charge is 0.180 e. The Balaban J connectivity index is 1.82. The lowest BCUT2D eigenvalue weighted by atomic mass is 10.1. The number of nitrogens with zero attached hydrogens (tertiary/aromatic N) is 5. The Hall–Kier alpha value is -3.52. The fourth-order valence-electron chi connectivity index (χ4n) is 4.11. The largest absolute Gasteiger partial charge is 0.350 e. The molecule has 7 nitrogen and oxygen atoms in total. The highest BCUT2D eigenvalue weighted by molar-refractivity contribution is 7.91. The lowest BCUT2D eigenvalue weighted by Gasteiger charge is -2.11. The second kappa shape index (κ2) is 7.27. The molecule has 4 heterocycles. The van der Waals surface area contributed by atoms with Gasteiger partial charge in [0.2, 0.25) is 0 Å². The minimum absolute atomic E-state index is 0.0140. The first kappa shape index (κ1) is 20.4. The van der Waals surface area contributed by atoms with Crippen LogP contribution < -0.4 is 0 Å². The summed E-state index contributed by atoms with van der Waals surface area (Å²) in [5.74, 6) is 0.487. The SMILES string of the molecule is CCS(=O)(=O)c1ccc(-c2cn(C)c3ccccc23)nc1-c1nc2cc(C)ncc2n1C. The van der Waals surface area contributed by atoms with Gasteiger partial charge in [0.25, 0.3) is 0 Å². The molecule has 32 heavy (non-hydrogen) atoms. The minimum Gasteiger partial charge on any atom is -0.350 e. The molecule has 5 aromatic rings. The Bertz CT molecular complexity index is 1610. The van der Waals surface area contributed by atoms with Gasteiger partial charge in [-0.25, -0.2) is 18.4 Å². The number of sulfone groups is 1. The molecule has 162 valence electrons. The Morgan fingerprint density at radius 1 is 1.00 bits per heavy atom. The van der Waals surface area contributed by atoms with Crippen LogP contribution >= 0.6 is 0 Å². The zero-order valence-corrected chi connectivity index (χ0v) is 19.2. The third-order valence-electron chi connectivity index (χ3n) is 5.86. The Morgan fingerprint density at radius 2 is 1.78 bits per heavy atom. The average Bonchev–Trinajstić information content (AvgIpc) is 3.30. The molecular formula is C24H23N5O2S. The average molecular weight is 446 g/mol. The van der Waals surface area contributed by atoms with Gasteiger partial charge in [0.1, 0.15) is 5.69 Å². The van der Waals surface area contributed by atoms with Crippen molar-refractivity contribution in [2.24, 2.45) is 14.1 Å². The number of aromatic nitrogens is 5. The third kappa shape index (κ3) is 3.10. The molecule has 0 aliphatic heterocycles. The summed E-state index contributed by atoms with van der Waals surface area (Å²) in [6.45, 7) is 3.54. The third-order valence-corrected chi connectivity index (χ3v) is 7.62. The first-order valence-electron chi connectivity index (χ1n) is 10.4. The Labute approximate surface area is 186 Å². The van der Waals surface area contributed by atoms with Gasteiger partial charge in [-0.3, -0.25) is 4.98 Å². The Kier molecular flexibility index (Phi) is 4.63. The highest BCUT2D eigenvalue weighted by atomic mass is 32.2. The molecule has 0 aliphatic carbocycles. The van der Waals surface area contributed by atoms with Gasteiger partial charge in [0.15, 0.2) is 15.7 Å². The molecule has 5 rings (SSSR count). The van der Waals surface area contributed by atoms with Gasteiger partial charge in [-0.15, -0.1) is 0 Å². The fraction of sp³-hybridized carbons (Fsp3) is 0.208. The molecule has 0 unspecified atom stereocenters. The summed E-state index contributed by atoms with van der Waals surface area (Å²) in [4.78, 5) is 14.2. The van der Waals surface area contributed by atoms with Crippen molar-refractivity contribution in [1.82, 2.24) is 24.1 Å². The normalized spacial score (nSPS) is 12.1. The molecule has 0 bridgehead atoms. The standard InChI is InChI=1S/C24H23N5O2S/c1-5-32(30,31)22-11-10-18(17-14-28(3)20-9-7-6-8-16(17)20)26-23(22)24-27-19-12-15(2)25-13-21(19)29(24)4/h6-14H,5H2,1-4H3. The molecule has 0 spiro atoms. The molecule has 8 heteroatoms. The van der Waals surface area contributed by atoms with Crippen LogP contribution in [0.3, 0.4) is 0 Å². The van der Waals surface area contributed by atoms with Crippen LogP contribution in [-0.2, 0) is 23.9 Å². The van der Waals surface area contributed by atoms with Crippen LogP contribution in [0.15, 0.2) is 59.8 Å². The summed E-state index contributed by atoms with van der Waals surface area (Å²) in [7, 11) is 0.335. The number of hydrogen-bond acceptors (Lipinski definition) is 5. The lowest BCUT2D eigenvalue weighted by molar-refractivity contribution is 0.597. The van der Waals surface area contributed by atoms with Gasteiger partial charge in [-0.05, 0) is 31.2 Å². The number of rotatable bonds is 4. The first-order chi connectivity index (χ1) is 15.3. The summed E-state index contributed by atoms with van der Waals surface area (Å²) >= 11 is 0. The van der Waals surface area contributed by atoms with Crippen LogP contribution in [0, 0.1) is 6.92 Å². The van der Waals surface area contributed by atoms with E-state index in [0.717, 1.165) is 33.2 Å². The predicted molar refractivity (Wildman–Crippen MR) is 126 cm³/mol. The zero-order chi connectivity index (χ0) is 22.6. The topological polar surface area (TPSA) is 82.7 Å². The van der Waals surface area contributed by atoms with Crippen molar-refractivity contribution in [3.05, 3.63) is 60.6 Å². The second-order valence-electron chi connectivity index (χ2n) is 7.93. The molecule has 0 amide bonds. The number of fused-ring (bicyclic) bond motifs is 2. The highest BCUT2D eigenvalue weighted by Gasteiger charge is 2.24. The highest BCUT2D eigenvalue weighted by Crippen LogP contribution is 2.34. The molecule has 0 radical (unpaired) electrons. The number of pyridine rings is 2. The molecule has 1 aromatic carbocycles. The van der Waals surface area contributed by atoms with Crippen molar-refractivity contribution >= 4 is 31.8 Å². The van der Waals surface area contributed by atoms with Crippen molar-refractivity contribution in [1.29, 1.82) is 0 Å². The maximum absolute atomic E-state index is 12.9. The van der Waals surface area contributed by atoms with Gasteiger partial charge in [0.05, 0.1) is 33.6 Å². The molecule has 0 atom stereocenters. The molecule has 0 aliphatic rings. The van der Waals surface area contributed by atoms with Gasteiger partial charge >= 0.3 is 0 Å². The van der Waals surface area contributed by atoms with Crippen molar-refractivity contribution < 1.29 is 8.42 Å². The lowest BCUT2D eigenvalue weighted by Crippen LogP contribution is -2.09. The van der Waals surface area contributed by atoms with E-state index in [1.807, 2.05) is 60.6 Å². The van der Waals surface area contributed by atoms with E-state index in [9.17, 15) is 8.42 Å². The number of para-hydroxylation sites is 1. The summed E-state index contributed by atoms with van der Waals surface area (Å²) in [5.41, 5.74) is 5.51. The van der Waals surface area contributed by atoms with E-state index in [2.05, 4.69) is 11.1 Å². The number of imidazole rings is 1. The van der Waals surface area contributed by atoms with E-state index in [0.29, 0.717) is 17.2 Å². The molecular weight excluding hydrogens is 422 g/mol. The van der Waals surface area contributed by atoms with E-state index in [1.54, 1.807) is 25.3 Å². The Morgan fingerprint density at radius 3 is 2.56 bits per heavy atom. The van der Waals surface area contributed by atoms with Crippen molar-refractivity contribution in [2.45, 2.75) is 18.7 Å². The summed E-state index contributed by atoms with van der Waals surface area (Å²) in [6.07, 6.45) is 3.77. The number of hydrogen-bond donors (Lipinski definition) is 0. The van der Waals surface area contributed by atoms with E-state index in [-0.39, 0.29) is 10.6 Å². The summed E-state index contributed by atoms with van der Waals surface area (Å²) in [5, 5.41) is 1.06. The quantitative estimate of drug-likeness (QED) is 0.412. The van der Waals surface area contributed by atoms with Crippen molar-refractivity contribution in [3.63, 3.8) is 0 Å². The molecule has 0 fully saturated rings. The predicted octanol–water partition coefficient (Wildman–Crippen LogP) is 4.29. The summed E-state index contributed by atoms with van der Waals surface area (Å²) in [6, 6.07) is 13.4. The van der Waals surface area contributed by atoms with Crippen molar-refractivity contribution in [3.8, 4) is 22.8 Å². The molecule has 4 aromatic heterocycles. The van der Waals surface area contributed by atoms with Gasteiger partial charge in [-0.1, -0.05) is 25.1 Å². The maximum Gasteiger partial charge on any atom is 0.180 e. The van der Waals surface area contributed by atoms with Crippen LogP contribution in [-0.4, -0.2) is 38.3 Å². The van der Waals surface area contributed by atoms with Crippen molar-refractivity contribution in [2.75, 3.05) is 5.75 Å². The molecule has 0 saturated carbocycles. The van der Waals surface area contributed by atoms with Gasteiger partial charge in [0, 0.05) is 42.5 Å². The van der Waals surface area contributed by atoms with Gasteiger partial charge in [-0.2, -0.15) is 0 Å². The number of aryl methyl sites for hydroxylation is 3. The second-order valence-corrected chi connectivity index (χ2v) is 10.2. The number of benzene rings is 1. The fourth-order valence-corrected chi connectivity index (χ4v) is 5.13. The van der Waals surface area contributed by atoms with Crippen LogP contribution in [0.25, 0.3) is 44.7 Å². The van der Waals surface area contributed by atoms with E-state index in [1.165, 1.54) is 0 Å². The van der Waals surface area contributed by atoms with Crippen LogP contribution in [0.5, 0.6) is 0 Å². The van der Waals surface area contributed by atoms with Crippen LogP contribution in [0.2, 0.25) is 0 Å². The monoisotopic (exact) mass is 445 g/mol. The first-order valence-corrected chi connectivity index (χ1v) is 12.0. The zero-order valence-electron chi connectivity index (χ0n) is 18.4. The van der Waals surface area contributed by atoms with E-state index in [4.69, 9.17) is 9.97 Å². The molecule has 0 N–H and O–H groups in total. The molecule has 0 saturated heterocycles. The van der Waals surface area contributed by atoms with E-state index < -0.39 is 9.84 Å². The van der Waals surface area contributed by atoms with Crippen LogP contribution in [0.1, 0.15) is 12.6 Å². The minimum atomic E-state index is -3.51.